The van der Waals surface area contributed by atoms with Gasteiger partial charge in [-0.05, 0) is 59.3 Å². The fourth-order valence-corrected chi connectivity index (χ4v) is 5.18. The SMILES string of the molecule is CC(C)(C)OC(=O)NN[C@H]1CC[C@H](S(=O)(=O)N2CCCC2)CC1. The number of hydrazine groups is 1. The van der Waals surface area contributed by atoms with Crippen molar-refractivity contribution in [3.63, 3.8) is 0 Å². The normalized spacial score (nSPS) is 26.9. The van der Waals surface area contributed by atoms with Crippen LogP contribution in [0.1, 0.15) is 59.3 Å². The molecule has 1 saturated heterocycles. The van der Waals surface area contributed by atoms with Crippen molar-refractivity contribution in [3.05, 3.63) is 0 Å². The number of carbonyl (C=O) groups excluding carboxylic acids is 1. The van der Waals surface area contributed by atoms with Crippen molar-refractivity contribution in [1.29, 1.82) is 0 Å². The highest BCUT2D eigenvalue weighted by Crippen LogP contribution is 2.28. The van der Waals surface area contributed by atoms with Crippen LogP contribution in [0.4, 0.5) is 4.79 Å². The van der Waals surface area contributed by atoms with Crippen LogP contribution in [-0.4, -0.2) is 48.8 Å². The van der Waals surface area contributed by atoms with Crippen LogP contribution in [0.3, 0.4) is 0 Å². The van der Waals surface area contributed by atoms with Crippen LogP contribution >= 0.6 is 0 Å². The summed E-state index contributed by atoms with van der Waals surface area (Å²) in [7, 11) is -3.15. The minimum atomic E-state index is -3.15. The third kappa shape index (κ3) is 5.32. The Morgan fingerprint density at radius 2 is 1.65 bits per heavy atom. The molecular weight excluding hydrogens is 318 g/mol. The Morgan fingerprint density at radius 1 is 1.09 bits per heavy atom. The minimum Gasteiger partial charge on any atom is -0.443 e. The van der Waals surface area contributed by atoms with Crippen LogP contribution in [0.15, 0.2) is 0 Å². The monoisotopic (exact) mass is 347 g/mol. The second-order valence-corrected chi connectivity index (χ2v) is 9.61. The first-order valence-electron chi connectivity index (χ1n) is 8.42. The third-order valence-corrected chi connectivity index (χ3v) is 6.70. The van der Waals surface area contributed by atoms with Crippen molar-refractivity contribution in [2.24, 2.45) is 0 Å². The zero-order chi connectivity index (χ0) is 17.1. The van der Waals surface area contributed by atoms with Gasteiger partial charge in [-0.2, -0.15) is 0 Å². The molecule has 23 heavy (non-hydrogen) atoms. The van der Waals surface area contributed by atoms with E-state index in [9.17, 15) is 13.2 Å². The predicted molar refractivity (Wildman–Crippen MR) is 88.3 cm³/mol. The van der Waals surface area contributed by atoms with Gasteiger partial charge in [0.25, 0.3) is 0 Å². The van der Waals surface area contributed by atoms with Gasteiger partial charge in [0.1, 0.15) is 5.60 Å². The molecule has 1 aliphatic carbocycles. The molecule has 0 unspecified atom stereocenters. The van der Waals surface area contributed by atoms with Gasteiger partial charge in [-0.3, -0.25) is 5.43 Å². The van der Waals surface area contributed by atoms with E-state index in [1.807, 2.05) is 0 Å². The quantitative estimate of drug-likeness (QED) is 0.757. The van der Waals surface area contributed by atoms with Gasteiger partial charge in [0.15, 0.2) is 0 Å². The van der Waals surface area contributed by atoms with Crippen molar-refractivity contribution in [1.82, 2.24) is 15.2 Å². The molecule has 1 saturated carbocycles. The lowest BCUT2D eigenvalue weighted by atomic mass is 9.95. The summed E-state index contributed by atoms with van der Waals surface area (Å²) in [6.07, 6.45) is 4.15. The molecule has 0 aromatic heterocycles. The first kappa shape index (κ1) is 18.5. The van der Waals surface area contributed by atoms with Gasteiger partial charge < -0.3 is 4.74 Å². The highest BCUT2D eigenvalue weighted by Gasteiger charge is 2.36. The maximum absolute atomic E-state index is 12.5. The van der Waals surface area contributed by atoms with E-state index in [2.05, 4.69) is 10.9 Å². The fourth-order valence-electron chi connectivity index (χ4n) is 3.12. The third-order valence-electron chi connectivity index (χ3n) is 4.30. The predicted octanol–water partition coefficient (Wildman–Crippen LogP) is 1.75. The molecule has 2 N–H and O–H groups in total. The lowest BCUT2D eigenvalue weighted by Crippen LogP contribution is -2.49. The van der Waals surface area contributed by atoms with E-state index >= 15 is 0 Å². The molecule has 0 radical (unpaired) electrons. The Kier molecular flexibility index (Phi) is 5.91. The average Bonchev–Trinajstić information content (AvgIpc) is 2.98. The molecule has 0 atom stereocenters. The Morgan fingerprint density at radius 3 is 2.17 bits per heavy atom. The molecule has 8 heteroatoms. The van der Waals surface area contributed by atoms with E-state index in [1.54, 1.807) is 25.1 Å². The summed E-state index contributed by atoms with van der Waals surface area (Å²) in [4.78, 5) is 11.6. The maximum atomic E-state index is 12.5. The maximum Gasteiger partial charge on any atom is 0.422 e. The molecule has 0 spiro atoms. The molecule has 1 amide bonds. The van der Waals surface area contributed by atoms with E-state index in [0.29, 0.717) is 25.9 Å². The number of rotatable bonds is 4. The number of sulfonamides is 1. The number of nitrogens with zero attached hydrogens (tertiary/aromatic N) is 1. The van der Waals surface area contributed by atoms with Crippen LogP contribution < -0.4 is 10.9 Å². The molecule has 1 heterocycles. The summed E-state index contributed by atoms with van der Waals surface area (Å²) in [5, 5.41) is -0.278. The van der Waals surface area contributed by atoms with Crippen LogP contribution in [0, 0.1) is 0 Å². The standard InChI is InChI=1S/C15H29N3O4S/c1-15(2,3)22-14(19)17-16-12-6-8-13(9-7-12)23(20,21)18-10-4-5-11-18/h12-13,16H,4-11H2,1-3H3,(H,17,19)/t12-,13-. The smallest absolute Gasteiger partial charge is 0.422 e. The summed E-state index contributed by atoms with van der Waals surface area (Å²) in [5.41, 5.74) is 4.96. The van der Waals surface area contributed by atoms with Gasteiger partial charge in [0.05, 0.1) is 5.25 Å². The Bertz CT molecular complexity index is 501. The Labute approximate surface area is 139 Å². The summed E-state index contributed by atoms with van der Waals surface area (Å²) < 4.78 is 31.9. The van der Waals surface area contributed by atoms with Gasteiger partial charge in [0, 0.05) is 19.1 Å². The largest absolute Gasteiger partial charge is 0.443 e. The first-order valence-corrected chi connectivity index (χ1v) is 9.92. The number of ether oxygens (including phenoxy) is 1. The summed E-state index contributed by atoms with van der Waals surface area (Å²) in [6.45, 7) is 6.75. The molecule has 7 nitrogen and oxygen atoms in total. The van der Waals surface area contributed by atoms with Crippen LogP contribution in [0.2, 0.25) is 0 Å². The van der Waals surface area contributed by atoms with Crippen molar-refractivity contribution in [2.75, 3.05) is 13.1 Å². The molecule has 2 aliphatic rings. The molecule has 0 bridgehead atoms. The summed E-state index contributed by atoms with van der Waals surface area (Å²) in [5.74, 6) is 0. The van der Waals surface area contributed by atoms with Crippen LogP contribution in [0.5, 0.6) is 0 Å². The molecule has 134 valence electrons. The molecule has 2 rings (SSSR count). The molecule has 1 aliphatic heterocycles. The average molecular weight is 347 g/mol. The van der Waals surface area contributed by atoms with Gasteiger partial charge in [-0.1, -0.05) is 0 Å². The van der Waals surface area contributed by atoms with Crippen molar-refractivity contribution >= 4 is 16.1 Å². The molecular formula is C15H29N3O4S. The number of carbonyl (C=O) groups is 1. The van der Waals surface area contributed by atoms with E-state index < -0.39 is 21.7 Å². The Hall–Kier alpha value is -0.860. The zero-order valence-electron chi connectivity index (χ0n) is 14.3. The van der Waals surface area contributed by atoms with Gasteiger partial charge in [-0.25, -0.2) is 22.9 Å². The topological polar surface area (TPSA) is 87.7 Å². The highest BCUT2D eigenvalue weighted by molar-refractivity contribution is 7.89. The van der Waals surface area contributed by atoms with E-state index in [4.69, 9.17) is 4.74 Å². The Balaban J connectivity index is 1.74. The van der Waals surface area contributed by atoms with Gasteiger partial charge in [0.2, 0.25) is 10.0 Å². The lowest BCUT2D eigenvalue weighted by molar-refractivity contribution is 0.0482. The van der Waals surface area contributed by atoms with Crippen molar-refractivity contribution in [3.8, 4) is 0 Å². The number of hydrogen-bond acceptors (Lipinski definition) is 5. The summed E-state index contributed by atoms with van der Waals surface area (Å²) >= 11 is 0. The molecule has 0 aromatic rings. The van der Waals surface area contributed by atoms with Crippen LogP contribution in [-0.2, 0) is 14.8 Å². The number of amides is 1. The zero-order valence-corrected chi connectivity index (χ0v) is 15.1. The molecule has 0 aromatic carbocycles. The fraction of sp³-hybridized carbons (Fsp3) is 0.933. The van der Waals surface area contributed by atoms with Crippen molar-refractivity contribution in [2.45, 2.75) is 76.2 Å². The van der Waals surface area contributed by atoms with Gasteiger partial charge in [-0.15, -0.1) is 0 Å². The number of nitrogens with one attached hydrogen (secondary N) is 2. The van der Waals surface area contributed by atoms with Crippen LogP contribution in [0.25, 0.3) is 0 Å². The second-order valence-electron chi connectivity index (χ2n) is 7.40. The van der Waals surface area contributed by atoms with Gasteiger partial charge >= 0.3 is 6.09 Å². The minimum absolute atomic E-state index is 0.0903. The van der Waals surface area contributed by atoms with E-state index in [1.165, 1.54) is 0 Å². The second kappa shape index (κ2) is 7.36. The highest BCUT2D eigenvalue weighted by atomic mass is 32.2. The molecule has 2 fully saturated rings. The van der Waals surface area contributed by atoms with E-state index in [0.717, 1.165) is 25.7 Å². The first-order chi connectivity index (χ1) is 10.7. The van der Waals surface area contributed by atoms with Crippen molar-refractivity contribution < 1.29 is 17.9 Å². The summed E-state index contributed by atoms with van der Waals surface area (Å²) in [6, 6.07) is 0.0903. The van der Waals surface area contributed by atoms with E-state index in [-0.39, 0.29) is 11.3 Å². The number of hydrogen-bond donors (Lipinski definition) is 2. The lowest BCUT2D eigenvalue weighted by Gasteiger charge is -2.31.